The lowest BCUT2D eigenvalue weighted by atomic mass is 9.80. The number of amides is 2. The smallest absolute Gasteiger partial charge is 0.248 e. The zero-order valence-corrected chi connectivity index (χ0v) is 17.8. The van der Waals surface area contributed by atoms with E-state index < -0.39 is 5.41 Å². The van der Waals surface area contributed by atoms with Gasteiger partial charge < -0.3 is 19.5 Å². The lowest BCUT2D eigenvalue weighted by molar-refractivity contribution is -0.134. The molecule has 0 radical (unpaired) electrons. The lowest BCUT2D eigenvalue weighted by Gasteiger charge is -2.25. The van der Waals surface area contributed by atoms with E-state index in [0.29, 0.717) is 42.7 Å². The Balaban J connectivity index is 1.47. The van der Waals surface area contributed by atoms with E-state index in [1.54, 1.807) is 24.0 Å². The van der Waals surface area contributed by atoms with Crippen LogP contribution in [-0.4, -0.2) is 59.7 Å². The van der Waals surface area contributed by atoms with Crippen molar-refractivity contribution in [3.63, 3.8) is 0 Å². The zero-order chi connectivity index (χ0) is 21.3. The van der Waals surface area contributed by atoms with Gasteiger partial charge in [-0.15, -0.1) is 0 Å². The number of nitrogens with one attached hydrogen (secondary N) is 1. The molecule has 1 aromatic heterocycles. The van der Waals surface area contributed by atoms with Crippen LogP contribution >= 0.6 is 11.6 Å². The first-order chi connectivity index (χ1) is 14.4. The van der Waals surface area contributed by atoms with Gasteiger partial charge in [-0.05, 0) is 43.4 Å². The molecule has 1 saturated carbocycles. The van der Waals surface area contributed by atoms with Gasteiger partial charge in [0.15, 0.2) is 5.82 Å². The molecular formula is C21H25ClN4O4. The van der Waals surface area contributed by atoms with Crippen LogP contribution in [0.25, 0.3) is 0 Å². The zero-order valence-electron chi connectivity index (χ0n) is 17.1. The van der Waals surface area contributed by atoms with Gasteiger partial charge in [0.25, 0.3) is 0 Å². The standard InChI is InChI=1S/C21H25ClN4O4/c1-13-23-20(30-25-13)21-9-17(8-15(21)10-26(12-21)19(28)11-29-2)24-18(27)7-14-3-5-16(22)6-4-14/h3-6,15,17H,7-12H2,1-2H3,(H,24,27)/t15?,17-,21+/m1/s1. The quantitative estimate of drug-likeness (QED) is 0.748. The molecule has 2 heterocycles. The van der Waals surface area contributed by atoms with E-state index in [2.05, 4.69) is 15.5 Å². The van der Waals surface area contributed by atoms with Crippen molar-refractivity contribution in [2.24, 2.45) is 5.92 Å². The van der Waals surface area contributed by atoms with Gasteiger partial charge in [-0.25, -0.2) is 0 Å². The molecule has 1 saturated heterocycles. The highest BCUT2D eigenvalue weighted by Crippen LogP contribution is 2.50. The fraction of sp³-hybridized carbons (Fsp3) is 0.524. The van der Waals surface area contributed by atoms with Crippen LogP contribution in [0, 0.1) is 12.8 Å². The molecule has 3 atom stereocenters. The first-order valence-electron chi connectivity index (χ1n) is 10.0. The second kappa shape index (κ2) is 8.35. The van der Waals surface area contributed by atoms with Gasteiger partial charge in [0.1, 0.15) is 6.61 Å². The summed E-state index contributed by atoms with van der Waals surface area (Å²) >= 11 is 5.91. The first kappa shape index (κ1) is 20.8. The number of rotatable bonds is 6. The number of ether oxygens (including phenoxy) is 1. The predicted octanol–water partition coefficient (Wildman–Crippen LogP) is 1.90. The highest BCUT2D eigenvalue weighted by molar-refractivity contribution is 6.30. The molecule has 9 heteroatoms. The predicted molar refractivity (Wildman–Crippen MR) is 109 cm³/mol. The Kier molecular flexibility index (Phi) is 5.79. The van der Waals surface area contributed by atoms with E-state index in [-0.39, 0.29) is 30.4 Å². The number of carbonyl (C=O) groups excluding carboxylic acids is 2. The molecule has 2 aromatic rings. The van der Waals surface area contributed by atoms with Gasteiger partial charge in [-0.2, -0.15) is 4.98 Å². The summed E-state index contributed by atoms with van der Waals surface area (Å²) in [6.07, 6.45) is 1.70. The maximum Gasteiger partial charge on any atom is 0.248 e. The molecule has 1 aromatic carbocycles. The van der Waals surface area contributed by atoms with Crippen LogP contribution in [0.3, 0.4) is 0 Å². The van der Waals surface area contributed by atoms with Crippen molar-refractivity contribution >= 4 is 23.4 Å². The van der Waals surface area contributed by atoms with Crippen molar-refractivity contribution in [1.82, 2.24) is 20.4 Å². The second-order valence-electron chi connectivity index (χ2n) is 8.21. The van der Waals surface area contributed by atoms with Crippen molar-refractivity contribution in [3.05, 3.63) is 46.6 Å². The molecule has 2 fully saturated rings. The highest BCUT2D eigenvalue weighted by Gasteiger charge is 2.58. The van der Waals surface area contributed by atoms with Crippen LogP contribution < -0.4 is 5.32 Å². The van der Waals surface area contributed by atoms with E-state index in [9.17, 15) is 9.59 Å². The monoisotopic (exact) mass is 432 g/mol. The summed E-state index contributed by atoms with van der Waals surface area (Å²) in [5.74, 6) is 1.17. The van der Waals surface area contributed by atoms with Crippen molar-refractivity contribution in [3.8, 4) is 0 Å². The van der Waals surface area contributed by atoms with E-state index in [1.165, 1.54) is 7.11 Å². The van der Waals surface area contributed by atoms with Crippen LogP contribution in [0.15, 0.2) is 28.8 Å². The molecule has 2 amide bonds. The third-order valence-corrected chi connectivity index (χ3v) is 6.34. The molecule has 2 aliphatic rings. The maximum atomic E-state index is 12.6. The average molecular weight is 433 g/mol. The van der Waals surface area contributed by atoms with Crippen LogP contribution in [0.2, 0.25) is 5.02 Å². The number of aromatic nitrogens is 2. The van der Waals surface area contributed by atoms with Crippen molar-refractivity contribution in [2.45, 2.75) is 37.6 Å². The molecule has 0 spiro atoms. The number of halogens is 1. The number of hydrogen-bond donors (Lipinski definition) is 1. The highest BCUT2D eigenvalue weighted by atomic mass is 35.5. The minimum atomic E-state index is -0.442. The minimum absolute atomic E-state index is 0.0123. The molecule has 1 aliphatic heterocycles. The second-order valence-corrected chi connectivity index (χ2v) is 8.65. The molecule has 0 bridgehead atoms. The van der Waals surface area contributed by atoms with Gasteiger partial charge in [-0.3, -0.25) is 9.59 Å². The van der Waals surface area contributed by atoms with E-state index >= 15 is 0 Å². The Bertz CT molecular complexity index is 931. The minimum Gasteiger partial charge on any atom is -0.375 e. The summed E-state index contributed by atoms with van der Waals surface area (Å²) in [4.78, 5) is 31.3. The summed E-state index contributed by atoms with van der Waals surface area (Å²) in [7, 11) is 1.51. The molecule has 1 N–H and O–H groups in total. The molecule has 8 nitrogen and oxygen atoms in total. The Morgan fingerprint density at radius 2 is 2.13 bits per heavy atom. The van der Waals surface area contributed by atoms with Gasteiger partial charge in [0.05, 0.1) is 11.8 Å². The van der Waals surface area contributed by atoms with E-state index in [0.717, 1.165) is 12.0 Å². The third-order valence-electron chi connectivity index (χ3n) is 6.09. The van der Waals surface area contributed by atoms with Crippen LogP contribution in [0.1, 0.15) is 30.1 Å². The summed E-state index contributed by atoms with van der Waals surface area (Å²) in [5, 5.41) is 7.76. The van der Waals surface area contributed by atoms with Gasteiger partial charge in [0, 0.05) is 31.3 Å². The Hall–Kier alpha value is -2.45. The molecular weight excluding hydrogens is 408 g/mol. The SMILES string of the molecule is COCC(=O)N1CC2C[C@@H](NC(=O)Cc3ccc(Cl)cc3)C[C@]2(c2nc(C)no2)C1. The van der Waals surface area contributed by atoms with Crippen LogP contribution in [0.4, 0.5) is 0 Å². The van der Waals surface area contributed by atoms with Gasteiger partial charge in [-0.1, -0.05) is 28.9 Å². The van der Waals surface area contributed by atoms with E-state index in [1.807, 2.05) is 12.1 Å². The number of likely N-dealkylation sites (tertiary alicyclic amines) is 1. The number of hydrogen-bond acceptors (Lipinski definition) is 6. The molecule has 160 valence electrons. The fourth-order valence-corrected chi connectivity index (χ4v) is 4.91. The number of aryl methyl sites for hydroxylation is 1. The number of carbonyl (C=O) groups is 2. The Labute approximate surface area is 179 Å². The summed E-state index contributed by atoms with van der Waals surface area (Å²) in [5.41, 5.74) is 0.469. The molecule has 1 unspecified atom stereocenters. The van der Waals surface area contributed by atoms with Crippen LogP contribution in [0.5, 0.6) is 0 Å². The number of benzene rings is 1. The number of fused-ring (bicyclic) bond motifs is 1. The summed E-state index contributed by atoms with van der Waals surface area (Å²) < 4.78 is 10.6. The third kappa shape index (κ3) is 4.06. The van der Waals surface area contributed by atoms with Crippen molar-refractivity contribution < 1.29 is 18.8 Å². The fourth-order valence-electron chi connectivity index (χ4n) is 4.78. The maximum absolute atomic E-state index is 12.6. The molecule has 1 aliphatic carbocycles. The van der Waals surface area contributed by atoms with Gasteiger partial charge in [0.2, 0.25) is 17.7 Å². The van der Waals surface area contributed by atoms with E-state index in [4.69, 9.17) is 20.9 Å². The van der Waals surface area contributed by atoms with Gasteiger partial charge >= 0.3 is 0 Å². The number of nitrogens with zero attached hydrogens (tertiary/aromatic N) is 3. The first-order valence-corrected chi connectivity index (χ1v) is 10.4. The van der Waals surface area contributed by atoms with Crippen molar-refractivity contribution in [1.29, 1.82) is 0 Å². The largest absolute Gasteiger partial charge is 0.375 e. The molecule has 30 heavy (non-hydrogen) atoms. The van der Waals surface area contributed by atoms with Crippen molar-refractivity contribution in [2.75, 3.05) is 26.8 Å². The Morgan fingerprint density at radius 1 is 1.37 bits per heavy atom. The topological polar surface area (TPSA) is 97.6 Å². The summed E-state index contributed by atoms with van der Waals surface area (Å²) in [6, 6.07) is 7.26. The average Bonchev–Trinajstić information content (AvgIpc) is 3.36. The summed E-state index contributed by atoms with van der Waals surface area (Å²) in [6.45, 7) is 2.91. The normalized spacial score (nSPS) is 25.4. The molecule has 4 rings (SSSR count). The number of methoxy groups -OCH3 is 1. The lowest BCUT2D eigenvalue weighted by Crippen LogP contribution is -2.40. The Morgan fingerprint density at radius 3 is 2.80 bits per heavy atom. The van der Waals surface area contributed by atoms with Crippen LogP contribution in [-0.2, 0) is 26.2 Å².